The molecule has 0 aromatic carbocycles. The van der Waals surface area contributed by atoms with Crippen molar-refractivity contribution in [2.45, 2.75) is 31.0 Å². The highest BCUT2D eigenvalue weighted by molar-refractivity contribution is 5.43. The molecule has 4 unspecified atom stereocenters. The van der Waals surface area contributed by atoms with Crippen molar-refractivity contribution < 1.29 is 5.11 Å². The maximum atomic E-state index is 10.2. The van der Waals surface area contributed by atoms with Crippen LogP contribution in [0.3, 0.4) is 0 Å². The van der Waals surface area contributed by atoms with Crippen molar-refractivity contribution in [3.8, 4) is 0 Å². The highest BCUT2D eigenvalue weighted by Gasteiger charge is 2.37. The Morgan fingerprint density at radius 2 is 2.19 bits per heavy atom. The van der Waals surface area contributed by atoms with E-state index in [-0.39, 0.29) is 6.04 Å². The molecule has 4 N–H and O–H groups in total. The Morgan fingerprint density at radius 1 is 1.31 bits per heavy atom. The van der Waals surface area contributed by atoms with Gasteiger partial charge in [-0.05, 0) is 24.0 Å². The Hall–Kier alpha value is -0.900. The van der Waals surface area contributed by atoms with Crippen molar-refractivity contribution in [1.29, 1.82) is 0 Å². The van der Waals surface area contributed by atoms with E-state index < -0.39 is 6.10 Å². The van der Waals surface area contributed by atoms with Crippen LogP contribution in [0.1, 0.15) is 12.8 Å². The molecule has 3 nitrogen and oxygen atoms in total. The van der Waals surface area contributed by atoms with Gasteiger partial charge in [0.05, 0.1) is 6.10 Å². The van der Waals surface area contributed by atoms with E-state index in [1.807, 2.05) is 6.08 Å². The van der Waals surface area contributed by atoms with Gasteiger partial charge in [0.2, 0.25) is 0 Å². The molecule has 0 bridgehead atoms. The van der Waals surface area contributed by atoms with E-state index in [2.05, 4.69) is 23.5 Å². The third-order valence-corrected chi connectivity index (χ3v) is 3.94. The van der Waals surface area contributed by atoms with E-state index in [0.29, 0.717) is 12.0 Å². The Bertz CT molecular complexity index is 383. The second-order valence-electron chi connectivity index (χ2n) is 4.91. The predicted octanol–water partition coefficient (Wildman–Crippen LogP) is 0.479. The van der Waals surface area contributed by atoms with E-state index in [0.717, 1.165) is 25.0 Å². The van der Waals surface area contributed by atoms with Crippen LogP contribution >= 0.6 is 0 Å². The minimum Gasteiger partial charge on any atom is -0.387 e. The van der Waals surface area contributed by atoms with Gasteiger partial charge in [-0.1, -0.05) is 24.3 Å². The fourth-order valence-electron chi connectivity index (χ4n) is 3.04. The Labute approximate surface area is 95.7 Å². The van der Waals surface area contributed by atoms with Crippen LogP contribution in [0.15, 0.2) is 35.5 Å². The van der Waals surface area contributed by atoms with Crippen LogP contribution in [0.25, 0.3) is 0 Å². The molecule has 1 heterocycles. The van der Waals surface area contributed by atoms with Gasteiger partial charge in [-0.3, -0.25) is 0 Å². The van der Waals surface area contributed by atoms with Crippen molar-refractivity contribution in [2.24, 2.45) is 11.7 Å². The first kappa shape index (κ1) is 10.3. The molecular weight excluding hydrogens is 200 g/mol. The molecule has 16 heavy (non-hydrogen) atoms. The van der Waals surface area contributed by atoms with Gasteiger partial charge in [-0.15, -0.1) is 0 Å². The predicted molar refractivity (Wildman–Crippen MR) is 63.8 cm³/mol. The standard InChI is InChI=1S/C13H18N2O/c14-10-5-6-11-12(13(10)16)9-4-2-1-3-8(9)7-15-11/h1-4,8,10-11,13,15-16H,5-7,14H2. The van der Waals surface area contributed by atoms with E-state index in [1.54, 1.807) is 0 Å². The van der Waals surface area contributed by atoms with Gasteiger partial charge >= 0.3 is 0 Å². The fourth-order valence-corrected chi connectivity index (χ4v) is 3.04. The largest absolute Gasteiger partial charge is 0.387 e. The zero-order valence-corrected chi connectivity index (χ0v) is 9.26. The van der Waals surface area contributed by atoms with Gasteiger partial charge < -0.3 is 16.2 Å². The van der Waals surface area contributed by atoms with Crippen LogP contribution in [0.5, 0.6) is 0 Å². The number of hydrogen-bond acceptors (Lipinski definition) is 3. The summed E-state index contributed by atoms with van der Waals surface area (Å²) in [5.74, 6) is 0.413. The second-order valence-corrected chi connectivity index (χ2v) is 4.91. The first-order valence-electron chi connectivity index (χ1n) is 6.03. The maximum absolute atomic E-state index is 10.2. The van der Waals surface area contributed by atoms with Gasteiger partial charge in [0.15, 0.2) is 0 Å². The van der Waals surface area contributed by atoms with Gasteiger partial charge in [0.25, 0.3) is 0 Å². The molecular formula is C13H18N2O. The second kappa shape index (κ2) is 3.84. The van der Waals surface area contributed by atoms with Crippen LogP contribution in [-0.4, -0.2) is 29.8 Å². The lowest BCUT2D eigenvalue weighted by Crippen LogP contribution is -2.52. The molecule has 1 saturated carbocycles. The van der Waals surface area contributed by atoms with Crippen LogP contribution in [0.2, 0.25) is 0 Å². The topological polar surface area (TPSA) is 58.3 Å². The van der Waals surface area contributed by atoms with Crippen molar-refractivity contribution in [3.05, 3.63) is 35.5 Å². The Kier molecular flexibility index (Phi) is 2.46. The highest BCUT2D eigenvalue weighted by atomic mass is 16.3. The molecule has 1 fully saturated rings. The number of allylic oxidation sites excluding steroid dienone is 3. The summed E-state index contributed by atoms with van der Waals surface area (Å²) < 4.78 is 0. The molecule has 3 heteroatoms. The molecule has 0 radical (unpaired) electrons. The minimum atomic E-state index is -0.472. The summed E-state index contributed by atoms with van der Waals surface area (Å²) in [6.07, 6.45) is 9.93. The molecule has 86 valence electrons. The van der Waals surface area contributed by atoms with E-state index in [1.165, 1.54) is 5.57 Å². The van der Waals surface area contributed by atoms with Crippen molar-refractivity contribution in [1.82, 2.24) is 5.32 Å². The quantitative estimate of drug-likeness (QED) is 0.554. The normalized spacial score (nSPS) is 41.9. The molecule has 2 aliphatic carbocycles. The summed E-state index contributed by atoms with van der Waals surface area (Å²) >= 11 is 0. The van der Waals surface area contributed by atoms with Crippen LogP contribution in [-0.2, 0) is 0 Å². The lowest BCUT2D eigenvalue weighted by Gasteiger charge is -2.41. The summed E-state index contributed by atoms with van der Waals surface area (Å²) in [5.41, 5.74) is 8.37. The SMILES string of the molecule is NC1CCC2NCC3C=CC=CC3=C2C1O. The maximum Gasteiger partial charge on any atom is 0.0921 e. The average Bonchev–Trinajstić information content (AvgIpc) is 2.33. The minimum absolute atomic E-state index is 0.0985. The van der Waals surface area contributed by atoms with E-state index in [4.69, 9.17) is 5.73 Å². The first-order valence-corrected chi connectivity index (χ1v) is 6.03. The van der Waals surface area contributed by atoms with Crippen LogP contribution < -0.4 is 11.1 Å². The first-order chi connectivity index (χ1) is 7.77. The highest BCUT2D eigenvalue weighted by Crippen LogP contribution is 2.35. The summed E-state index contributed by atoms with van der Waals surface area (Å²) in [5, 5.41) is 13.7. The monoisotopic (exact) mass is 218 g/mol. The lowest BCUT2D eigenvalue weighted by atomic mass is 9.75. The molecule has 4 atom stereocenters. The van der Waals surface area contributed by atoms with Gasteiger partial charge in [0.1, 0.15) is 0 Å². The molecule has 0 spiro atoms. The van der Waals surface area contributed by atoms with Gasteiger partial charge in [-0.2, -0.15) is 0 Å². The Balaban J connectivity index is 2.04. The van der Waals surface area contributed by atoms with Crippen LogP contribution in [0, 0.1) is 5.92 Å². The third-order valence-electron chi connectivity index (χ3n) is 3.94. The molecule has 3 aliphatic rings. The Morgan fingerprint density at radius 3 is 3.06 bits per heavy atom. The smallest absolute Gasteiger partial charge is 0.0921 e. The van der Waals surface area contributed by atoms with Crippen molar-refractivity contribution in [2.75, 3.05) is 6.54 Å². The summed E-state index contributed by atoms with van der Waals surface area (Å²) in [4.78, 5) is 0. The molecule has 1 aliphatic heterocycles. The molecule has 0 aromatic heterocycles. The zero-order valence-electron chi connectivity index (χ0n) is 9.26. The summed E-state index contributed by atoms with van der Waals surface area (Å²) in [7, 11) is 0. The molecule has 0 amide bonds. The van der Waals surface area contributed by atoms with Crippen LogP contribution in [0.4, 0.5) is 0 Å². The van der Waals surface area contributed by atoms with Gasteiger partial charge in [0, 0.05) is 24.5 Å². The molecule has 0 saturated heterocycles. The van der Waals surface area contributed by atoms with E-state index in [9.17, 15) is 5.11 Å². The number of aliphatic hydroxyl groups excluding tert-OH is 1. The van der Waals surface area contributed by atoms with Crippen molar-refractivity contribution in [3.63, 3.8) is 0 Å². The number of nitrogens with two attached hydrogens (primary N) is 1. The number of hydrogen-bond donors (Lipinski definition) is 3. The number of nitrogens with one attached hydrogen (secondary N) is 1. The zero-order chi connectivity index (χ0) is 11.1. The molecule has 3 rings (SSSR count). The number of aliphatic hydroxyl groups is 1. The lowest BCUT2D eigenvalue weighted by molar-refractivity contribution is 0.137. The average molecular weight is 218 g/mol. The summed E-state index contributed by atoms with van der Waals surface area (Å²) in [6.45, 7) is 0.978. The fraction of sp³-hybridized carbons (Fsp3) is 0.538. The number of rotatable bonds is 0. The molecule has 0 aromatic rings. The van der Waals surface area contributed by atoms with Crippen molar-refractivity contribution >= 4 is 0 Å². The number of fused-ring (bicyclic) bond motifs is 2. The third kappa shape index (κ3) is 1.47. The van der Waals surface area contributed by atoms with E-state index >= 15 is 0 Å². The van der Waals surface area contributed by atoms with Gasteiger partial charge in [-0.25, -0.2) is 0 Å². The summed E-state index contributed by atoms with van der Waals surface area (Å²) in [6, 6.07) is 0.232.